The lowest BCUT2D eigenvalue weighted by Crippen LogP contribution is -2.44. The van der Waals surface area contributed by atoms with Crippen LogP contribution < -0.4 is 10.6 Å². The number of nitrogens with zero attached hydrogens (tertiary/aromatic N) is 2. The third-order valence-electron chi connectivity index (χ3n) is 8.68. The molecular formula is C39H28N4O. The van der Waals surface area contributed by atoms with E-state index in [9.17, 15) is 0 Å². The van der Waals surface area contributed by atoms with Crippen LogP contribution in [-0.4, -0.2) is 10.4 Å². The number of nitrogens with one attached hydrogen (secondary N) is 2. The average molecular weight is 569 g/mol. The molecule has 0 bridgehead atoms. The highest BCUT2D eigenvalue weighted by Crippen LogP contribution is 2.38. The minimum Gasteiger partial charge on any atom is -0.456 e. The molecule has 0 spiro atoms. The molecule has 210 valence electrons. The van der Waals surface area contributed by atoms with Gasteiger partial charge in [-0.05, 0) is 41.5 Å². The minimum absolute atomic E-state index is 0.115. The Bertz CT molecular complexity index is 2330. The molecule has 0 saturated carbocycles. The smallest absolute Gasteiger partial charge is 0.137 e. The fraction of sp³-hybridized carbons (Fsp3) is 0.0513. The number of fused-ring (bicyclic) bond motifs is 6. The van der Waals surface area contributed by atoms with Crippen molar-refractivity contribution in [1.82, 2.24) is 15.2 Å². The van der Waals surface area contributed by atoms with Gasteiger partial charge in [0.05, 0.1) is 11.0 Å². The summed E-state index contributed by atoms with van der Waals surface area (Å²) in [7, 11) is 0. The largest absolute Gasteiger partial charge is 0.456 e. The molecule has 2 aromatic heterocycles. The summed E-state index contributed by atoms with van der Waals surface area (Å²) >= 11 is 0. The standard InChI is InChI=1S/C39H28N4O/c1-3-11-25(12-4-1)37-40-38(26-13-5-2-6-14-26)42-39(41-37)27-19-21-28(22-20-27)43-33-17-9-7-15-29(33)31-23-32-30-16-8-10-18-35(30)44-36(32)24-34(31)43/h1-24,37,39,41H,(H,40,42). The third-order valence-corrected chi connectivity index (χ3v) is 8.68. The number of amidine groups is 1. The van der Waals surface area contributed by atoms with Crippen molar-refractivity contribution in [3.05, 3.63) is 162 Å². The molecule has 44 heavy (non-hydrogen) atoms. The summed E-state index contributed by atoms with van der Waals surface area (Å²) in [4.78, 5) is 5.05. The van der Waals surface area contributed by atoms with E-state index in [1.807, 2.05) is 36.4 Å². The zero-order valence-electron chi connectivity index (χ0n) is 23.8. The summed E-state index contributed by atoms with van der Waals surface area (Å²) in [6.07, 6.45) is -0.281. The van der Waals surface area contributed by atoms with Crippen LogP contribution in [0.3, 0.4) is 0 Å². The normalized spacial score (nSPS) is 16.9. The first-order valence-corrected chi connectivity index (χ1v) is 15.0. The zero-order chi connectivity index (χ0) is 29.0. The van der Waals surface area contributed by atoms with Crippen LogP contribution in [0.1, 0.15) is 29.0 Å². The van der Waals surface area contributed by atoms with Gasteiger partial charge in [0.25, 0.3) is 0 Å². The summed E-state index contributed by atoms with van der Waals surface area (Å²) in [5.41, 5.74) is 8.54. The van der Waals surface area contributed by atoms with Gasteiger partial charge >= 0.3 is 0 Å². The lowest BCUT2D eigenvalue weighted by atomic mass is 10.1. The number of benzene rings is 6. The van der Waals surface area contributed by atoms with E-state index in [4.69, 9.17) is 9.41 Å². The molecule has 5 heteroatoms. The van der Waals surface area contributed by atoms with Crippen LogP contribution in [0.4, 0.5) is 0 Å². The Kier molecular flexibility index (Phi) is 5.64. The third kappa shape index (κ3) is 4.02. The number of aromatic nitrogens is 1. The molecule has 9 rings (SSSR count). The summed E-state index contributed by atoms with van der Waals surface area (Å²) in [6.45, 7) is 0. The molecule has 3 heterocycles. The second kappa shape index (κ2) is 9.97. The molecular weight excluding hydrogens is 540 g/mol. The van der Waals surface area contributed by atoms with Crippen molar-refractivity contribution in [2.24, 2.45) is 4.99 Å². The van der Waals surface area contributed by atoms with Crippen molar-refractivity contribution in [3.8, 4) is 5.69 Å². The fourth-order valence-electron chi connectivity index (χ4n) is 6.56. The lowest BCUT2D eigenvalue weighted by Gasteiger charge is -2.32. The van der Waals surface area contributed by atoms with Crippen molar-refractivity contribution in [3.63, 3.8) is 0 Å². The minimum atomic E-state index is -0.166. The molecule has 0 saturated heterocycles. The van der Waals surface area contributed by atoms with Crippen LogP contribution in [0.25, 0.3) is 49.4 Å². The van der Waals surface area contributed by atoms with E-state index in [0.717, 1.165) is 55.7 Å². The lowest BCUT2D eigenvalue weighted by molar-refractivity contribution is 0.409. The van der Waals surface area contributed by atoms with E-state index in [-0.39, 0.29) is 12.3 Å². The first-order chi connectivity index (χ1) is 21.8. The Balaban J connectivity index is 1.14. The van der Waals surface area contributed by atoms with E-state index in [0.29, 0.717) is 0 Å². The van der Waals surface area contributed by atoms with E-state index in [2.05, 4.69) is 124 Å². The average Bonchev–Trinajstić information content (AvgIpc) is 3.62. The highest BCUT2D eigenvalue weighted by atomic mass is 16.3. The molecule has 0 radical (unpaired) electrons. The van der Waals surface area contributed by atoms with Crippen molar-refractivity contribution < 1.29 is 4.42 Å². The molecule has 0 fully saturated rings. The molecule has 6 aromatic carbocycles. The Morgan fingerprint density at radius 3 is 2.07 bits per heavy atom. The van der Waals surface area contributed by atoms with E-state index in [1.165, 1.54) is 16.3 Å². The molecule has 5 nitrogen and oxygen atoms in total. The number of rotatable bonds is 4. The van der Waals surface area contributed by atoms with Gasteiger partial charge in [0.15, 0.2) is 0 Å². The van der Waals surface area contributed by atoms with Gasteiger partial charge in [0.2, 0.25) is 0 Å². The quantitative estimate of drug-likeness (QED) is 0.223. The van der Waals surface area contributed by atoms with Crippen LogP contribution in [0.5, 0.6) is 0 Å². The maximum absolute atomic E-state index is 6.30. The summed E-state index contributed by atoms with van der Waals surface area (Å²) in [6, 6.07) is 50.9. The van der Waals surface area contributed by atoms with Gasteiger partial charge in [-0.3, -0.25) is 5.32 Å². The van der Waals surface area contributed by atoms with Crippen molar-refractivity contribution in [2.75, 3.05) is 0 Å². The van der Waals surface area contributed by atoms with Crippen LogP contribution in [0.2, 0.25) is 0 Å². The Labute approximate surface area is 254 Å². The maximum atomic E-state index is 6.30. The van der Waals surface area contributed by atoms with Crippen molar-refractivity contribution >= 4 is 49.6 Å². The predicted octanol–water partition coefficient (Wildman–Crippen LogP) is 9.02. The Morgan fingerprint density at radius 1 is 0.545 bits per heavy atom. The topological polar surface area (TPSA) is 54.5 Å². The Morgan fingerprint density at radius 2 is 1.25 bits per heavy atom. The number of hydrogen-bond acceptors (Lipinski definition) is 4. The number of hydrogen-bond donors (Lipinski definition) is 2. The van der Waals surface area contributed by atoms with Crippen LogP contribution >= 0.6 is 0 Å². The van der Waals surface area contributed by atoms with Crippen molar-refractivity contribution in [2.45, 2.75) is 12.3 Å². The second-order valence-corrected chi connectivity index (χ2v) is 11.3. The number of para-hydroxylation sites is 2. The first-order valence-electron chi connectivity index (χ1n) is 15.0. The molecule has 2 unspecified atom stereocenters. The first kappa shape index (κ1) is 24.9. The van der Waals surface area contributed by atoms with Crippen LogP contribution in [-0.2, 0) is 0 Å². The van der Waals surface area contributed by atoms with Gasteiger partial charge in [0.1, 0.15) is 29.3 Å². The zero-order valence-corrected chi connectivity index (χ0v) is 23.8. The highest BCUT2D eigenvalue weighted by Gasteiger charge is 2.25. The monoisotopic (exact) mass is 568 g/mol. The summed E-state index contributed by atoms with van der Waals surface area (Å²) in [5.74, 6) is 0.879. The van der Waals surface area contributed by atoms with Crippen LogP contribution in [0.15, 0.2) is 155 Å². The number of aliphatic imine (C=N–C) groups is 1. The maximum Gasteiger partial charge on any atom is 0.137 e. The summed E-state index contributed by atoms with van der Waals surface area (Å²) in [5, 5.41) is 12.1. The van der Waals surface area contributed by atoms with Crippen LogP contribution in [0, 0.1) is 0 Å². The van der Waals surface area contributed by atoms with Gasteiger partial charge < -0.3 is 14.3 Å². The van der Waals surface area contributed by atoms with E-state index in [1.54, 1.807) is 0 Å². The van der Waals surface area contributed by atoms with Gasteiger partial charge in [-0.2, -0.15) is 0 Å². The summed E-state index contributed by atoms with van der Waals surface area (Å²) < 4.78 is 8.64. The second-order valence-electron chi connectivity index (χ2n) is 11.3. The molecule has 1 aliphatic rings. The fourth-order valence-corrected chi connectivity index (χ4v) is 6.56. The Hall–Kier alpha value is -5.65. The molecule has 8 aromatic rings. The SMILES string of the molecule is c1ccc(C2=NC(c3ccccc3)NC(c3ccc(-n4c5ccccc5c5cc6c(cc54)oc4ccccc46)cc3)N2)cc1. The predicted molar refractivity (Wildman–Crippen MR) is 179 cm³/mol. The molecule has 1 aliphatic heterocycles. The van der Waals surface area contributed by atoms with E-state index >= 15 is 0 Å². The van der Waals surface area contributed by atoms with E-state index < -0.39 is 0 Å². The molecule has 2 atom stereocenters. The molecule has 0 aliphatic carbocycles. The van der Waals surface area contributed by atoms with Crippen molar-refractivity contribution in [1.29, 1.82) is 0 Å². The highest BCUT2D eigenvalue weighted by molar-refractivity contribution is 6.17. The number of furan rings is 1. The molecule has 0 amide bonds. The molecule has 2 N–H and O–H groups in total. The van der Waals surface area contributed by atoms with Gasteiger partial charge in [-0.15, -0.1) is 0 Å². The van der Waals surface area contributed by atoms with Gasteiger partial charge in [0, 0.05) is 38.9 Å². The van der Waals surface area contributed by atoms with Gasteiger partial charge in [-0.25, -0.2) is 4.99 Å². The van der Waals surface area contributed by atoms with Gasteiger partial charge in [-0.1, -0.05) is 109 Å².